The van der Waals surface area contributed by atoms with Gasteiger partial charge in [-0.15, -0.1) is 13.2 Å². The number of para-hydroxylation sites is 1. The van der Waals surface area contributed by atoms with Crippen LogP contribution in [0.2, 0.25) is 0 Å². The molecule has 0 heterocycles. The highest BCUT2D eigenvalue weighted by molar-refractivity contribution is 5.71. The molecule has 0 aromatic heterocycles. The molecule has 0 aliphatic carbocycles. The summed E-state index contributed by atoms with van der Waals surface area (Å²) in [5.41, 5.74) is 1.64. The topological polar surface area (TPSA) is 26.3 Å². The molecule has 0 aliphatic heterocycles. The van der Waals surface area contributed by atoms with Gasteiger partial charge in [-0.25, -0.2) is 0 Å². The molecule has 0 unspecified atom stereocenters. The summed E-state index contributed by atoms with van der Waals surface area (Å²) in [7, 11) is 0. The van der Waals surface area contributed by atoms with E-state index in [4.69, 9.17) is 0 Å². The van der Waals surface area contributed by atoms with Crippen LogP contribution in [0.3, 0.4) is 0 Å². The summed E-state index contributed by atoms with van der Waals surface area (Å²) in [6.07, 6.45) is -3.77. The lowest BCUT2D eigenvalue weighted by molar-refractivity contribution is -0.274. The molecule has 2 aromatic rings. The van der Waals surface area contributed by atoms with Crippen molar-refractivity contribution >= 4 is 6.29 Å². The quantitative estimate of drug-likeness (QED) is 0.791. The summed E-state index contributed by atoms with van der Waals surface area (Å²) < 4.78 is 41.1. The van der Waals surface area contributed by atoms with E-state index in [0.29, 0.717) is 11.1 Å². The van der Waals surface area contributed by atoms with Crippen LogP contribution in [0.15, 0.2) is 48.5 Å². The summed E-state index contributed by atoms with van der Waals surface area (Å²) in [6, 6.07) is 12.7. The lowest BCUT2D eigenvalue weighted by Gasteiger charge is -2.13. The molecule has 104 valence electrons. The Morgan fingerprint density at radius 3 is 2.50 bits per heavy atom. The first-order valence-electron chi connectivity index (χ1n) is 5.87. The highest BCUT2D eigenvalue weighted by Gasteiger charge is 2.32. The highest BCUT2D eigenvalue weighted by Crippen LogP contribution is 2.33. The molecule has 0 spiro atoms. The van der Waals surface area contributed by atoms with Crippen LogP contribution in [-0.2, 0) is 11.2 Å². The van der Waals surface area contributed by atoms with Gasteiger partial charge in [-0.3, -0.25) is 0 Å². The average Bonchev–Trinajstić information content (AvgIpc) is 2.38. The predicted octanol–water partition coefficient (Wildman–Crippen LogP) is 3.99. The Morgan fingerprint density at radius 2 is 1.80 bits per heavy atom. The number of halogens is 3. The molecular formula is C15H11F3O2. The Labute approximate surface area is 113 Å². The molecule has 0 amide bonds. The van der Waals surface area contributed by atoms with Crippen molar-refractivity contribution < 1.29 is 22.7 Å². The van der Waals surface area contributed by atoms with Crippen LogP contribution in [0, 0.1) is 0 Å². The van der Waals surface area contributed by atoms with E-state index in [2.05, 4.69) is 4.74 Å². The van der Waals surface area contributed by atoms with E-state index in [1.807, 2.05) is 0 Å². The van der Waals surface area contributed by atoms with Crippen molar-refractivity contribution in [1.82, 2.24) is 0 Å². The first kappa shape index (κ1) is 14.1. The van der Waals surface area contributed by atoms with Gasteiger partial charge >= 0.3 is 6.36 Å². The zero-order valence-corrected chi connectivity index (χ0v) is 10.4. The number of hydrogen-bond donors (Lipinski definition) is 0. The molecule has 0 fully saturated rings. The van der Waals surface area contributed by atoms with Gasteiger partial charge < -0.3 is 9.53 Å². The van der Waals surface area contributed by atoms with Crippen LogP contribution in [-0.4, -0.2) is 12.6 Å². The third kappa shape index (κ3) is 3.60. The Bertz CT molecular complexity index is 606. The maximum Gasteiger partial charge on any atom is 0.573 e. The van der Waals surface area contributed by atoms with Gasteiger partial charge in [0, 0.05) is 12.0 Å². The van der Waals surface area contributed by atoms with Gasteiger partial charge in [0.25, 0.3) is 0 Å². The van der Waals surface area contributed by atoms with Gasteiger partial charge in [-0.2, -0.15) is 0 Å². The summed E-state index contributed by atoms with van der Waals surface area (Å²) in [5.74, 6) is -0.261. The lowest BCUT2D eigenvalue weighted by Crippen LogP contribution is -2.17. The molecule has 0 saturated heterocycles. The number of carbonyl (C=O) groups excluding carboxylic acids is 1. The van der Waals surface area contributed by atoms with Crippen LogP contribution in [0.5, 0.6) is 5.75 Å². The molecule has 2 rings (SSSR count). The fourth-order valence-corrected chi connectivity index (χ4v) is 1.88. The summed E-state index contributed by atoms with van der Waals surface area (Å²) >= 11 is 0. The standard InChI is InChI=1S/C15H11F3O2/c16-15(17,18)20-14-7-2-1-6-13(14)12-5-3-4-11(10-12)8-9-19/h1-7,9-10H,8H2. The SMILES string of the molecule is O=CCc1cccc(-c2ccccc2OC(F)(F)F)c1. The van der Waals surface area contributed by atoms with E-state index in [-0.39, 0.29) is 12.2 Å². The van der Waals surface area contributed by atoms with Crippen molar-refractivity contribution in [2.75, 3.05) is 0 Å². The Hall–Kier alpha value is -2.30. The third-order valence-electron chi connectivity index (χ3n) is 2.67. The number of carbonyl (C=O) groups is 1. The van der Waals surface area contributed by atoms with E-state index < -0.39 is 6.36 Å². The molecule has 0 saturated carbocycles. The van der Waals surface area contributed by atoms with Crippen molar-refractivity contribution in [3.05, 3.63) is 54.1 Å². The lowest BCUT2D eigenvalue weighted by atomic mass is 10.0. The second-order valence-corrected chi connectivity index (χ2v) is 4.12. The summed E-state index contributed by atoms with van der Waals surface area (Å²) in [4.78, 5) is 10.5. The number of hydrogen-bond acceptors (Lipinski definition) is 2. The van der Waals surface area contributed by atoms with E-state index in [9.17, 15) is 18.0 Å². The number of ether oxygens (including phenoxy) is 1. The van der Waals surface area contributed by atoms with E-state index >= 15 is 0 Å². The normalized spacial score (nSPS) is 11.2. The zero-order chi connectivity index (χ0) is 14.6. The van der Waals surface area contributed by atoms with Crippen molar-refractivity contribution in [2.24, 2.45) is 0 Å². The van der Waals surface area contributed by atoms with Crippen LogP contribution >= 0.6 is 0 Å². The van der Waals surface area contributed by atoms with Crippen molar-refractivity contribution in [2.45, 2.75) is 12.8 Å². The number of alkyl halides is 3. The molecule has 0 N–H and O–H groups in total. The molecule has 0 radical (unpaired) electrons. The summed E-state index contributed by atoms with van der Waals surface area (Å²) in [5, 5.41) is 0. The van der Waals surface area contributed by atoms with Crippen LogP contribution in [0.1, 0.15) is 5.56 Å². The maximum absolute atomic E-state index is 12.4. The second-order valence-electron chi connectivity index (χ2n) is 4.12. The Balaban J connectivity index is 2.42. The molecule has 20 heavy (non-hydrogen) atoms. The molecule has 0 aliphatic rings. The third-order valence-corrected chi connectivity index (χ3v) is 2.67. The Kier molecular flexibility index (Phi) is 4.08. The molecule has 2 nitrogen and oxygen atoms in total. The second kappa shape index (κ2) is 5.77. The number of benzene rings is 2. The van der Waals surface area contributed by atoms with Crippen LogP contribution < -0.4 is 4.74 Å². The van der Waals surface area contributed by atoms with Gasteiger partial charge in [-0.05, 0) is 17.2 Å². The monoisotopic (exact) mass is 280 g/mol. The number of aldehydes is 1. The maximum atomic E-state index is 12.4. The van der Waals surface area contributed by atoms with E-state index in [1.165, 1.54) is 12.1 Å². The zero-order valence-electron chi connectivity index (χ0n) is 10.4. The number of rotatable bonds is 4. The molecule has 5 heteroatoms. The Morgan fingerprint density at radius 1 is 1.05 bits per heavy atom. The van der Waals surface area contributed by atoms with Gasteiger partial charge in [0.1, 0.15) is 12.0 Å². The van der Waals surface area contributed by atoms with Gasteiger partial charge in [0.15, 0.2) is 0 Å². The minimum atomic E-state index is -4.74. The average molecular weight is 280 g/mol. The van der Waals surface area contributed by atoms with Crippen molar-refractivity contribution in [3.8, 4) is 16.9 Å². The molecule has 2 aromatic carbocycles. The van der Waals surface area contributed by atoms with Crippen molar-refractivity contribution in [1.29, 1.82) is 0 Å². The fraction of sp³-hybridized carbons (Fsp3) is 0.133. The molecule has 0 atom stereocenters. The minimum Gasteiger partial charge on any atom is -0.405 e. The first-order valence-corrected chi connectivity index (χ1v) is 5.87. The van der Waals surface area contributed by atoms with E-state index in [0.717, 1.165) is 11.8 Å². The molecular weight excluding hydrogens is 269 g/mol. The largest absolute Gasteiger partial charge is 0.573 e. The van der Waals surface area contributed by atoms with Gasteiger partial charge in [0.05, 0.1) is 0 Å². The highest BCUT2D eigenvalue weighted by atomic mass is 19.4. The minimum absolute atomic E-state index is 0.218. The van der Waals surface area contributed by atoms with Crippen molar-refractivity contribution in [3.63, 3.8) is 0 Å². The molecule has 0 bridgehead atoms. The summed E-state index contributed by atoms with van der Waals surface area (Å²) in [6.45, 7) is 0. The predicted molar refractivity (Wildman–Crippen MR) is 68.3 cm³/mol. The van der Waals surface area contributed by atoms with E-state index in [1.54, 1.807) is 36.4 Å². The van der Waals surface area contributed by atoms with Crippen LogP contribution in [0.25, 0.3) is 11.1 Å². The fourth-order valence-electron chi connectivity index (χ4n) is 1.88. The van der Waals surface area contributed by atoms with Gasteiger partial charge in [0.2, 0.25) is 0 Å². The van der Waals surface area contributed by atoms with Crippen LogP contribution in [0.4, 0.5) is 13.2 Å². The smallest absolute Gasteiger partial charge is 0.405 e. The first-order chi connectivity index (χ1) is 9.49. The van der Waals surface area contributed by atoms with Gasteiger partial charge in [-0.1, -0.05) is 42.5 Å².